The summed E-state index contributed by atoms with van der Waals surface area (Å²) in [7, 11) is 0. The van der Waals surface area contributed by atoms with Crippen molar-refractivity contribution in [3.05, 3.63) is 0 Å². The Bertz CT molecular complexity index is 213. The van der Waals surface area contributed by atoms with E-state index in [-0.39, 0.29) is 6.03 Å². The van der Waals surface area contributed by atoms with Crippen molar-refractivity contribution in [2.24, 2.45) is 11.8 Å². The molecule has 0 spiro atoms. The van der Waals surface area contributed by atoms with Gasteiger partial charge in [0, 0.05) is 12.1 Å². The van der Waals surface area contributed by atoms with E-state index in [1.807, 2.05) is 0 Å². The summed E-state index contributed by atoms with van der Waals surface area (Å²) in [6, 6.07) is 0.814. The van der Waals surface area contributed by atoms with E-state index in [0.717, 1.165) is 12.3 Å². The maximum Gasteiger partial charge on any atom is 0.315 e. The fraction of sp³-hybridized carbons (Fsp3) is 0.900. The lowest BCUT2D eigenvalue weighted by atomic mass is 10.2. The van der Waals surface area contributed by atoms with E-state index in [9.17, 15) is 4.79 Å². The number of hydrogen-bond acceptors (Lipinski definition) is 1. The Hall–Kier alpha value is -0.730. The van der Waals surface area contributed by atoms with Crippen LogP contribution in [-0.2, 0) is 0 Å². The molecule has 2 rings (SSSR count). The number of carbonyl (C=O) groups excluding carboxylic acids is 1. The van der Waals surface area contributed by atoms with Crippen LogP contribution in [0.3, 0.4) is 0 Å². The van der Waals surface area contributed by atoms with Gasteiger partial charge >= 0.3 is 6.03 Å². The molecule has 1 unspecified atom stereocenters. The van der Waals surface area contributed by atoms with Gasteiger partial charge in [0.1, 0.15) is 0 Å². The molecule has 2 saturated carbocycles. The van der Waals surface area contributed by atoms with Crippen LogP contribution in [0.4, 0.5) is 4.79 Å². The number of carbonyl (C=O) groups is 1. The van der Waals surface area contributed by atoms with Crippen molar-refractivity contribution in [2.75, 3.05) is 0 Å². The smallest absolute Gasteiger partial charge is 0.315 e. The van der Waals surface area contributed by atoms with Gasteiger partial charge in [-0.1, -0.05) is 6.92 Å². The molecule has 13 heavy (non-hydrogen) atoms. The van der Waals surface area contributed by atoms with E-state index in [4.69, 9.17) is 0 Å². The summed E-state index contributed by atoms with van der Waals surface area (Å²) in [5, 5.41) is 5.95. The van der Waals surface area contributed by atoms with Gasteiger partial charge in [0.25, 0.3) is 0 Å². The van der Waals surface area contributed by atoms with Gasteiger partial charge in [0.2, 0.25) is 0 Å². The highest BCUT2D eigenvalue weighted by molar-refractivity contribution is 5.75. The van der Waals surface area contributed by atoms with Crippen molar-refractivity contribution < 1.29 is 4.79 Å². The monoisotopic (exact) mass is 182 g/mol. The van der Waals surface area contributed by atoms with Gasteiger partial charge in [0.15, 0.2) is 0 Å². The molecule has 0 saturated heterocycles. The van der Waals surface area contributed by atoms with Crippen molar-refractivity contribution in [3.63, 3.8) is 0 Å². The largest absolute Gasteiger partial charge is 0.335 e. The normalized spacial score (nSPS) is 33.7. The number of rotatable bonds is 3. The summed E-state index contributed by atoms with van der Waals surface area (Å²) < 4.78 is 0. The molecule has 2 amide bonds. The molecule has 3 nitrogen and oxygen atoms in total. The standard InChI is InChI=1S/C10H18N2O/c1-6-5-9(6)12-10(13)11-7(2)8-3-4-8/h6-9H,3-5H2,1-2H3,(H2,11,12,13)/t6-,7?,9-/m1/s1. The van der Waals surface area contributed by atoms with E-state index in [0.29, 0.717) is 18.0 Å². The zero-order valence-electron chi connectivity index (χ0n) is 8.34. The van der Waals surface area contributed by atoms with Gasteiger partial charge < -0.3 is 10.6 Å². The second kappa shape index (κ2) is 3.20. The van der Waals surface area contributed by atoms with Crippen molar-refractivity contribution >= 4 is 6.03 Å². The maximum absolute atomic E-state index is 11.4. The summed E-state index contributed by atoms with van der Waals surface area (Å²) in [6.07, 6.45) is 3.70. The zero-order valence-corrected chi connectivity index (χ0v) is 8.34. The minimum absolute atomic E-state index is 0.0220. The van der Waals surface area contributed by atoms with E-state index in [1.165, 1.54) is 12.8 Å². The molecule has 3 atom stereocenters. The predicted octanol–water partition coefficient (Wildman–Crippen LogP) is 1.49. The third-order valence-electron chi connectivity index (χ3n) is 3.11. The van der Waals surface area contributed by atoms with Gasteiger partial charge in [-0.05, 0) is 38.0 Å². The first kappa shape index (κ1) is 8.85. The molecule has 0 aromatic heterocycles. The Labute approximate surface area is 79.3 Å². The quantitative estimate of drug-likeness (QED) is 0.682. The second-order valence-corrected chi connectivity index (χ2v) is 4.56. The summed E-state index contributed by atoms with van der Waals surface area (Å²) in [6.45, 7) is 4.25. The van der Waals surface area contributed by atoms with Crippen LogP contribution in [0.15, 0.2) is 0 Å². The van der Waals surface area contributed by atoms with Gasteiger partial charge in [-0.25, -0.2) is 4.79 Å². The summed E-state index contributed by atoms with van der Waals surface area (Å²) in [5.74, 6) is 1.42. The molecule has 2 fully saturated rings. The Kier molecular flexibility index (Phi) is 2.18. The third-order valence-corrected chi connectivity index (χ3v) is 3.11. The highest BCUT2D eigenvalue weighted by Gasteiger charge is 2.35. The van der Waals surface area contributed by atoms with Crippen molar-refractivity contribution in [1.82, 2.24) is 10.6 Å². The van der Waals surface area contributed by atoms with E-state index < -0.39 is 0 Å². The first-order chi connectivity index (χ1) is 6.16. The molecule has 3 heteroatoms. The Morgan fingerprint density at radius 3 is 2.54 bits per heavy atom. The van der Waals surface area contributed by atoms with Crippen LogP contribution in [-0.4, -0.2) is 18.1 Å². The topological polar surface area (TPSA) is 41.1 Å². The molecule has 0 aliphatic heterocycles. The van der Waals surface area contributed by atoms with Crippen LogP contribution in [0.2, 0.25) is 0 Å². The minimum atomic E-state index is 0.0220. The summed E-state index contributed by atoms with van der Waals surface area (Å²) >= 11 is 0. The molecule has 0 radical (unpaired) electrons. The summed E-state index contributed by atoms with van der Waals surface area (Å²) in [5.41, 5.74) is 0. The highest BCUT2D eigenvalue weighted by Crippen LogP contribution is 2.32. The number of hydrogen-bond donors (Lipinski definition) is 2. The molecule has 0 aromatic rings. The lowest BCUT2D eigenvalue weighted by Gasteiger charge is -2.13. The summed E-state index contributed by atoms with van der Waals surface area (Å²) in [4.78, 5) is 11.4. The molecule has 2 aliphatic carbocycles. The van der Waals surface area contributed by atoms with Crippen LogP contribution in [0.5, 0.6) is 0 Å². The Balaban J connectivity index is 1.65. The average molecular weight is 182 g/mol. The maximum atomic E-state index is 11.4. The molecular weight excluding hydrogens is 164 g/mol. The van der Waals surface area contributed by atoms with Crippen LogP contribution < -0.4 is 10.6 Å². The zero-order chi connectivity index (χ0) is 9.42. The fourth-order valence-corrected chi connectivity index (χ4v) is 1.65. The first-order valence-corrected chi connectivity index (χ1v) is 5.24. The molecule has 0 heterocycles. The molecular formula is C10H18N2O. The Morgan fingerprint density at radius 1 is 1.46 bits per heavy atom. The Morgan fingerprint density at radius 2 is 2.08 bits per heavy atom. The number of nitrogens with one attached hydrogen (secondary N) is 2. The van der Waals surface area contributed by atoms with Crippen LogP contribution >= 0.6 is 0 Å². The van der Waals surface area contributed by atoms with Gasteiger partial charge in [0.05, 0.1) is 0 Å². The van der Waals surface area contributed by atoms with Gasteiger partial charge in [-0.3, -0.25) is 0 Å². The van der Waals surface area contributed by atoms with Crippen molar-refractivity contribution in [1.29, 1.82) is 0 Å². The fourth-order valence-electron chi connectivity index (χ4n) is 1.65. The van der Waals surface area contributed by atoms with E-state index in [1.54, 1.807) is 0 Å². The molecule has 74 valence electrons. The number of amides is 2. The first-order valence-electron chi connectivity index (χ1n) is 5.24. The molecule has 2 aliphatic rings. The van der Waals surface area contributed by atoms with E-state index >= 15 is 0 Å². The van der Waals surface area contributed by atoms with Crippen molar-refractivity contribution in [2.45, 2.75) is 45.2 Å². The van der Waals surface area contributed by atoms with Gasteiger partial charge in [-0.2, -0.15) is 0 Å². The van der Waals surface area contributed by atoms with E-state index in [2.05, 4.69) is 24.5 Å². The highest BCUT2D eigenvalue weighted by atomic mass is 16.2. The average Bonchev–Trinajstić information content (AvgIpc) is 2.87. The molecule has 0 aromatic carbocycles. The molecule has 0 bridgehead atoms. The SMILES string of the molecule is CC(NC(=O)N[C@@H]1C[C@H]1C)C1CC1. The van der Waals surface area contributed by atoms with Crippen LogP contribution in [0.1, 0.15) is 33.1 Å². The van der Waals surface area contributed by atoms with Gasteiger partial charge in [-0.15, -0.1) is 0 Å². The predicted molar refractivity (Wildman–Crippen MR) is 51.4 cm³/mol. The van der Waals surface area contributed by atoms with Crippen molar-refractivity contribution in [3.8, 4) is 0 Å². The molecule has 2 N–H and O–H groups in total. The second-order valence-electron chi connectivity index (χ2n) is 4.56. The van der Waals surface area contributed by atoms with Crippen LogP contribution in [0.25, 0.3) is 0 Å². The van der Waals surface area contributed by atoms with Crippen LogP contribution in [0, 0.1) is 11.8 Å². The lowest BCUT2D eigenvalue weighted by molar-refractivity contribution is 0.235. The minimum Gasteiger partial charge on any atom is -0.335 e. The third kappa shape index (κ3) is 2.36. The number of urea groups is 1. The lowest BCUT2D eigenvalue weighted by Crippen LogP contribution is -2.42.